The number of piperidine rings is 1. The molecule has 6 nitrogen and oxygen atoms in total. The Bertz CT molecular complexity index is 803. The lowest BCUT2D eigenvalue weighted by Gasteiger charge is -2.36. The lowest BCUT2D eigenvalue weighted by Crippen LogP contribution is -2.45. The van der Waals surface area contributed by atoms with Gasteiger partial charge in [-0.05, 0) is 45.7 Å². The molecule has 2 aromatic rings. The molecule has 0 radical (unpaired) electrons. The molecule has 29 heavy (non-hydrogen) atoms. The maximum absolute atomic E-state index is 12.9. The Labute approximate surface area is 173 Å². The van der Waals surface area contributed by atoms with Crippen molar-refractivity contribution >= 4 is 5.91 Å². The van der Waals surface area contributed by atoms with Crippen molar-refractivity contribution in [2.45, 2.75) is 64.5 Å². The van der Waals surface area contributed by atoms with Crippen LogP contribution in [0.5, 0.6) is 0 Å². The van der Waals surface area contributed by atoms with Gasteiger partial charge in [-0.1, -0.05) is 54.2 Å². The van der Waals surface area contributed by atoms with Gasteiger partial charge in [0, 0.05) is 24.6 Å². The van der Waals surface area contributed by atoms with Gasteiger partial charge in [-0.15, -0.1) is 0 Å². The summed E-state index contributed by atoms with van der Waals surface area (Å²) >= 11 is 0. The molecular weight excluding hydrogens is 364 g/mol. The Kier molecular flexibility index (Phi) is 6.28. The van der Waals surface area contributed by atoms with Crippen LogP contribution in [0.25, 0.3) is 11.4 Å². The van der Waals surface area contributed by atoms with Gasteiger partial charge in [0.25, 0.3) is 0 Å². The van der Waals surface area contributed by atoms with E-state index in [1.54, 1.807) is 0 Å². The zero-order valence-electron chi connectivity index (χ0n) is 17.6. The van der Waals surface area contributed by atoms with Crippen molar-refractivity contribution in [1.29, 1.82) is 0 Å². The molecule has 2 heterocycles. The minimum absolute atomic E-state index is 0.156. The lowest BCUT2D eigenvalue weighted by atomic mass is 9.91. The van der Waals surface area contributed by atoms with Crippen LogP contribution >= 0.6 is 0 Å². The third kappa shape index (κ3) is 4.86. The first kappa shape index (κ1) is 20.1. The first-order chi connectivity index (χ1) is 14.1. The molecule has 1 saturated carbocycles. The third-order valence-corrected chi connectivity index (χ3v) is 6.54. The topological polar surface area (TPSA) is 62.5 Å². The van der Waals surface area contributed by atoms with E-state index in [0.717, 1.165) is 31.5 Å². The molecule has 156 valence electrons. The highest BCUT2D eigenvalue weighted by atomic mass is 16.5. The van der Waals surface area contributed by atoms with Crippen LogP contribution in [0.2, 0.25) is 0 Å². The minimum Gasteiger partial charge on any atom is -0.343 e. The molecule has 6 heteroatoms. The van der Waals surface area contributed by atoms with E-state index in [9.17, 15) is 4.79 Å². The summed E-state index contributed by atoms with van der Waals surface area (Å²) in [6.45, 7) is 4.51. The maximum atomic E-state index is 12.9. The number of aromatic nitrogens is 2. The Morgan fingerprint density at radius 1 is 1.10 bits per heavy atom. The standard InChI is InChI=1S/C23H32N4O2/c1-17-8-10-18(11-9-17)22-24-21(29-25-22)16-27-14-12-19(13-15-27)23(28)26(2)20-6-4-3-5-7-20/h8-11,19-20H,3-7,12-16H2,1-2H3. The number of hydrogen-bond acceptors (Lipinski definition) is 5. The average Bonchev–Trinajstić information content (AvgIpc) is 3.23. The molecule has 0 unspecified atom stereocenters. The number of aryl methyl sites for hydroxylation is 1. The number of rotatable bonds is 5. The Morgan fingerprint density at radius 2 is 1.79 bits per heavy atom. The second kappa shape index (κ2) is 9.08. The largest absolute Gasteiger partial charge is 0.343 e. The average molecular weight is 397 g/mol. The molecular formula is C23H32N4O2. The van der Waals surface area contributed by atoms with Gasteiger partial charge in [0.15, 0.2) is 0 Å². The van der Waals surface area contributed by atoms with Crippen LogP contribution < -0.4 is 0 Å². The van der Waals surface area contributed by atoms with Crippen LogP contribution in [0.3, 0.4) is 0 Å². The minimum atomic E-state index is 0.156. The molecule has 0 N–H and O–H groups in total. The Balaban J connectivity index is 1.28. The summed E-state index contributed by atoms with van der Waals surface area (Å²) in [6.07, 6.45) is 8.00. The van der Waals surface area contributed by atoms with Crippen LogP contribution in [0.1, 0.15) is 56.4 Å². The molecule has 0 atom stereocenters. The first-order valence-corrected chi connectivity index (χ1v) is 11.0. The fourth-order valence-corrected chi connectivity index (χ4v) is 4.60. The highest BCUT2D eigenvalue weighted by Crippen LogP contribution is 2.26. The van der Waals surface area contributed by atoms with Crippen LogP contribution in [0.15, 0.2) is 28.8 Å². The van der Waals surface area contributed by atoms with E-state index in [0.29, 0.717) is 30.2 Å². The Hall–Kier alpha value is -2.21. The maximum Gasteiger partial charge on any atom is 0.241 e. The SMILES string of the molecule is Cc1ccc(-c2noc(CN3CCC(C(=O)N(C)C4CCCCC4)CC3)n2)cc1. The van der Waals surface area contributed by atoms with E-state index in [1.165, 1.54) is 37.7 Å². The zero-order valence-corrected chi connectivity index (χ0v) is 17.6. The summed E-state index contributed by atoms with van der Waals surface area (Å²) in [5, 5.41) is 4.13. The molecule has 0 bridgehead atoms. The molecule has 1 aromatic heterocycles. The monoisotopic (exact) mass is 396 g/mol. The van der Waals surface area contributed by atoms with E-state index in [2.05, 4.69) is 34.1 Å². The molecule has 1 aliphatic heterocycles. The molecule has 0 spiro atoms. The number of hydrogen-bond donors (Lipinski definition) is 0. The predicted octanol–water partition coefficient (Wildman–Crippen LogP) is 4.05. The van der Waals surface area contributed by atoms with Gasteiger partial charge in [-0.25, -0.2) is 0 Å². The number of carbonyl (C=O) groups excluding carboxylic acids is 1. The number of benzene rings is 1. The zero-order chi connectivity index (χ0) is 20.2. The quantitative estimate of drug-likeness (QED) is 0.763. The van der Waals surface area contributed by atoms with Gasteiger partial charge in [-0.2, -0.15) is 4.98 Å². The number of nitrogens with zero attached hydrogens (tertiary/aromatic N) is 4. The Morgan fingerprint density at radius 3 is 2.48 bits per heavy atom. The van der Waals surface area contributed by atoms with Crippen molar-refractivity contribution < 1.29 is 9.32 Å². The van der Waals surface area contributed by atoms with Gasteiger partial charge in [-0.3, -0.25) is 9.69 Å². The summed E-state index contributed by atoms with van der Waals surface area (Å²) < 4.78 is 5.47. The van der Waals surface area contributed by atoms with E-state index in [-0.39, 0.29) is 5.92 Å². The fraction of sp³-hybridized carbons (Fsp3) is 0.609. The summed E-state index contributed by atoms with van der Waals surface area (Å²) in [4.78, 5) is 21.8. The van der Waals surface area contributed by atoms with E-state index < -0.39 is 0 Å². The van der Waals surface area contributed by atoms with Crippen LogP contribution in [0.4, 0.5) is 0 Å². The molecule has 2 aliphatic rings. The van der Waals surface area contributed by atoms with Crippen molar-refractivity contribution in [1.82, 2.24) is 19.9 Å². The third-order valence-electron chi connectivity index (χ3n) is 6.54. The fourth-order valence-electron chi connectivity index (χ4n) is 4.60. The van der Waals surface area contributed by atoms with E-state index in [1.807, 2.05) is 24.1 Å². The van der Waals surface area contributed by atoms with Gasteiger partial charge in [0.05, 0.1) is 6.54 Å². The second-order valence-electron chi connectivity index (χ2n) is 8.67. The second-order valence-corrected chi connectivity index (χ2v) is 8.67. The van der Waals surface area contributed by atoms with Crippen molar-refractivity contribution in [2.75, 3.05) is 20.1 Å². The first-order valence-electron chi connectivity index (χ1n) is 11.0. The highest BCUT2D eigenvalue weighted by molar-refractivity contribution is 5.79. The van der Waals surface area contributed by atoms with E-state index >= 15 is 0 Å². The van der Waals surface area contributed by atoms with Gasteiger partial charge in [0.2, 0.25) is 17.6 Å². The van der Waals surface area contributed by atoms with Crippen molar-refractivity contribution in [2.24, 2.45) is 5.92 Å². The summed E-state index contributed by atoms with van der Waals surface area (Å²) in [5.74, 6) is 1.78. The smallest absolute Gasteiger partial charge is 0.241 e. The normalized spacial score (nSPS) is 19.4. The molecule has 1 saturated heterocycles. The molecule has 4 rings (SSSR count). The highest BCUT2D eigenvalue weighted by Gasteiger charge is 2.31. The number of likely N-dealkylation sites (tertiary alicyclic amines) is 1. The van der Waals surface area contributed by atoms with Crippen molar-refractivity contribution in [3.63, 3.8) is 0 Å². The number of carbonyl (C=O) groups is 1. The summed E-state index contributed by atoms with van der Waals surface area (Å²) in [6, 6.07) is 8.59. The van der Waals surface area contributed by atoms with Gasteiger partial charge in [0.1, 0.15) is 0 Å². The predicted molar refractivity (Wildman–Crippen MR) is 112 cm³/mol. The lowest BCUT2D eigenvalue weighted by molar-refractivity contribution is -0.138. The van der Waals surface area contributed by atoms with Gasteiger partial charge < -0.3 is 9.42 Å². The molecule has 1 aliphatic carbocycles. The van der Waals surface area contributed by atoms with E-state index in [4.69, 9.17) is 4.52 Å². The summed E-state index contributed by atoms with van der Waals surface area (Å²) in [5.41, 5.74) is 2.18. The van der Waals surface area contributed by atoms with Crippen LogP contribution in [-0.4, -0.2) is 52.0 Å². The van der Waals surface area contributed by atoms with Gasteiger partial charge >= 0.3 is 0 Å². The van der Waals surface area contributed by atoms with Crippen LogP contribution in [0, 0.1) is 12.8 Å². The molecule has 1 amide bonds. The van der Waals surface area contributed by atoms with Crippen LogP contribution in [-0.2, 0) is 11.3 Å². The summed E-state index contributed by atoms with van der Waals surface area (Å²) in [7, 11) is 2.01. The molecule has 1 aromatic carbocycles. The number of amides is 1. The van der Waals surface area contributed by atoms with Crippen molar-refractivity contribution in [3.05, 3.63) is 35.7 Å². The molecule has 2 fully saturated rings. The van der Waals surface area contributed by atoms with Crippen molar-refractivity contribution in [3.8, 4) is 11.4 Å².